The van der Waals surface area contributed by atoms with Crippen LogP contribution >= 0.6 is 11.6 Å². The van der Waals surface area contributed by atoms with Gasteiger partial charge in [-0.2, -0.15) is 0 Å². The van der Waals surface area contributed by atoms with Gasteiger partial charge in [0.05, 0.1) is 18.2 Å². The second-order valence-electron chi connectivity index (χ2n) is 3.13. The van der Waals surface area contributed by atoms with Crippen LogP contribution in [0.25, 0.3) is 12.2 Å². The van der Waals surface area contributed by atoms with Crippen LogP contribution in [0.5, 0.6) is 5.75 Å². The van der Waals surface area contributed by atoms with Gasteiger partial charge in [-0.25, -0.2) is 0 Å². The topological polar surface area (TPSA) is 31.4 Å². The molecule has 4 heteroatoms. The Labute approximate surface area is 114 Å². The van der Waals surface area contributed by atoms with Gasteiger partial charge in [0.1, 0.15) is 12.4 Å². The number of rotatable bonds is 5. The van der Waals surface area contributed by atoms with Crippen LogP contribution in [0.15, 0.2) is 12.3 Å². The smallest absolute Gasteiger partial charge is 0.138 e. The fraction of sp³-hybridized carbons (Fsp3) is 0.500. The van der Waals surface area contributed by atoms with E-state index in [2.05, 4.69) is 4.98 Å². The lowest BCUT2D eigenvalue weighted by Gasteiger charge is -2.04. The molecule has 0 aliphatic carbocycles. The summed E-state index contributed by atoms with van der Waals surface area (Å²) in [6.07, 6.45) is 5.56. The van der Waals surface area contributed by atoms with Gasteiger partial charge in [0, 0.05) is 18.2 Å². The molecule has 0 spiro atoms. The Balaban J connectivity index is 0.00000137. The molecule has 1 rings (SSSR count). The van der Waals surface area contributed by atoms with Crippen LogP contribution in [0.3, 0.4) is 0 Å². The van der Waals surface area contributed by atoms with E-state index >= 15 is 0 Å². The lowest BCUT2D eigenvalue weighted by atomic mass is 10.3. The largest absolute Gasteiger partial charge is 0.490 e. The standard InChI is InChI=1S/C12H16ClNO2.C2H6/c1-3-12-10(4-5-13)8-11(9-14-12)16-7-6-15-2;1-2/h3-4,8-9H,5-7H2,1-2H3;1-2H3/b10-4-,12-3+;. The Bertz CT molecular complexity index is 432. The molecule has 0 fully saturated rings. The zero-order valence-corrected chi connectivity index (χ0v) is 12.3. The Morgan fingerprint density at radius 1 is 1.33 bits per heavy atom. The number of halogens is 1. The summed E-state index contributed by atoms with van der Waals surface area (Å²) in [6, 6.07) is 1.93. The van der Waals surface area contributed by atoms with Gasteiger partial charge in [0.25, 0.3) is 0 Å². The van der Waals surface area contributed by atoms with Gasteiger partial charge in [-0.3, -0.25) is 4.98 Å². The number of nitrogens with zero attached hydrogens (tertiary/aromatic N) is 1. The highest BCUT2D eigenvalue weighted by atomic mass is 35.5. The molecule has 18 heavy (non-hydrogen) atoms. The summed E-state index contributed by atoms with van der Waals surface area (Å²) in [4.78, 5) is 4.28. The van der Waals surface area contributed by atoms with Crippen molar-refractivity contribution in [1.29, 1.82) is 0 Å². The van der Waals surface area contributed by atoms with Crippen molar-refractivity contribution in [2.75, 3.05) is 26.2 Å². The lowest BCUT2D eigenvalue weighted by Crippen LogP contribution is -2.28. The molecule has 1 aromatic rings. The molecule has 0 unspecified atom stereocenters. The molecule has 0 atom stereocenters. The van der Waals surface area contributed by atoms with Crippen molar-refractivity contribution in [3.63, 3.8) is 0 Å². The molecule has 0 aliphatic rings. The van der Waals surface area contributed by atoms with Crippen LogP contribution in [0.2, 0.25) is 0 Å². The summed E-state index contributed by atoms with van der Waals surface area (Å²) < 4.78 is 10.4. The first-order chi connectivity index (χ1) is 8.81. The summed E-state index contributed by atoms with van der Waals surface area (Å²) >= 11 is 5.69. The average Bonchev–Trinajstić information content (AvgIpc) is 2.42. The average molecular weight is 272 g/mol. The maximum atomic E-state index is 5.69. The second-order valence-corrected chi connectivity index (χ2v) is 3.44. The van der Waals surface area contributed by atoms with Gasteiger partial charge in [-0.15, -0.1) is 11.6 Å². The molecule has 1 heterocycles. The number of methoxy groups -OCH3 is 1. The molecule has 0 amide bonds. The minimum absolute atomic E-state index is 0.462. The first-order valence-corrected chi connectivity index (χ1v) is 6.65. The van der Waals surface area contributed by atoms with Crippen molar-refractivity contribution in [2.45, 2.75) is 20.8 Å². The molecule has 0 saturated carbocycles. The number of ether oxygens (including phenoxy) is 2. The molecule has 0 saturated heterocycles. The third-order valence-electron chi connectivity index (χ3n) is 2.05. The van der Waals surface area contributed by atoms with E-state index in [1.165, 1.54) is 0 Å². The van der Waals surface area contributed by atoms with E-state index in [4.69, 9.17) is 21.1 Å². The summed E-state index contributed by atoms with van der Waals surface area (Å²) in [5.74, 6) is 1.20. The maximum Gasteiger partial charge on any atom is 0.138 e. The van der Waals surface area contributed by atoms with Crippen LogP contribution in [0.4, 0.5) is 0 Å². The van der Waals surface area contributed by atoms with Crippen molar-refractivity contribution >= 4 is 23.8 Å². The van der Waals surface area contributed by atoms with Crippen LogP contribution < -0.4 is 15.3 Å². The van der Waals surface area contributed by atoms with E-state index in [0.29, 0.717) is 19.1 Å². The molecule has 102 valence electrons. The predicted octanol–water partition coefficient (Wildman–Crippen LogP) is 1.95. The molecular formula is C14H22ClNO2. The Morgan fingerprint density at radius 3 is 2.61 bits per heavy atom. The van der Waals surface area contributed by atoms with Crippen LogP contribution in [-0.4, -0.2) is 31.2 Å². The number of pyridine rings is 1. The van der Waals surface area contributed by atoms with Crippen LogP contribution in [0, 0.1) is 0 Å². The molecule has 0 aliphatic heterocycles. The first kappa shape index (κ1) is 16.9. The highest BCUT2D eigenvalue weighted by Crippen LogP contribution is 2.01. The third-order valence-corrected chi connectivity index (χ3v) is 2.21. The summed E-state index contributed by atoms with van der Waals surface area (Å²) in [7, 11) is 1.64. The molecule has 0 radical (unpaired) electrons. The van der Waals surface area contributed by atoms with E-state index in [0.717, 1.165) is 16.3 Å². The predicted molar refractivity (Wildman–Crippen MR) is 77.5 cm³/mol. The second kappa shape index (κ2) is 11.1. The Morgan fingerprint density at radius 2 is 2.06 bits per heavy atom. The number of aromatic nitrogens is 1. The maximum absolute atomic E-state index is 5.69. The van der Waals surface area contributed by atoms with Crippen molar-refractivity contribution in [3.05, 3.63) is 22.8 Å². The highest BCUT2D eigenvalue weighted by Gasteiger charge is 1.94. The number of hydrogen-bond acceptors (Lipinski definition) is 3. The summed E-state index contributed by atoms with van der Waals surface area (Å²) in [6.45, 7) is 7.03. The van der Waals surface area contributed by atoms with Crippen molar-refractivity contribution < 1.29 is 9.47 Å². The van der Waals surface area contributed by atoms with E-state index in [1.54, 1.807) is 13.3 Å². The number of hydrogen-bond donors (Lipinski definition) is 0. The van der Waals surface area contributed by atoms with Gasteiger partial charge in [-0.05, 0) is 13.0 Å². The van der Waals surface area contributed by atoms with Gasteiger partial charge in [0.15, 0.2) is 0 Å². The normalized spacial score (nSPS) is 12.1. The van der Waals surface area contributed by atoms with Gasteiger partial charge in [0.2, 0.25) is 0 Å². The molecule has 0 bridgehead atoms. The van der Waals surface area contributed by atoms with E-state index in [-0.39, 0.29) is 0 Å². The SMILES string of the molecule is C/C=c1/ncc(OCCOC)c/c1=C/CCl.CC. The van der Waals surface area contributed by atoms with Crippen molar-refractivity contribution in [3.8, 4) is 5.75 Å². The zero-order chi connectivity index (χ0) is 13.8. The van der Waals surface area contributed by atoms with E-state index in [1.807, 2.05) is 39.0 Å². The first-order valence-electron chi connectivity index (χ1n) is 6.12. The minimum atomic E-state index is 0.462. The third kappa shape index (κ3) is 6.03. The molecule has 0 aromatic carbocycles. The van der Waals surface area contributed by atoms with Crippen molar-refractivity contribution in [2.24, 2.45) is 0 Å². The van der Waals surface area contributed by atoms with Crippen molar-refractivity contribution in [1.82, 2.24) is 4.98 Å². The highest BCUT2D eigenvalue weighted by molar-refractivity contribution is 6.20. The van der Waals surface area contributed by atoms with Gasteiger partial charge < -0.3 is 9.47 Å². The van der Waals surface area contributed by atoms with Crippen LogP contribution in [-0.2, 0) is 4.74 Å². The van der Waals surface area contributed by atoms with Gasteiger partial charge >= 0.3 is 0 Å². The summed E-state index contributed by atoms with van der Waals surface area (Å²) in [5, 5.41) is 1.91. The molecule has 0 N–H and O–H groups in total. The molecular weight excluding hydrogens is 250 g/mol. The quantitative estimate of drug-likeness (QED) is 0.606. The Kier molecular flexibility index (Phi) is 10.4. The van der Waals surface area contributed by atoms with E-state index in [9.17, 15) is 0 Å². The number of alkyl halides is 1. The van der Waals surface area contributed by atoms with Gasteiger partial charge in [-0.1, -0.05) is 26.0 Å². The Hall–Kier alpha value is -1.06. The monoisotopic (exact) mass is 271 g/mol. The van der Waals surface area contributed by atoms with Crippen LogP contribution in [0.1, 0.15) is 20.8 Å². The molecule has 1 aromatic heterocycles. The van der Waals surface area contributed by atoms with E-state index < -0.39 is 0 Å². The fourth-order valence-corrected chi connectivity index (χ4v) is 1.45. The fourth-order valence-electron chi connectivity index (χ4n) is 1.28. The lowest BCUT2D eigenvalue weighted by molar-refractivity contribution is 0.146. The molecule has 3 nitrogen and oxygen atoms in total. The zero-order valence-electron chi connectivity index (χ0n) is 11.6. The summed E-state index contributed by atoms with van der Waals surface area (Å²) in [5.41, 5.74) is 0. The minimum Gasteiger partial charge on any atom is -0.490 e.